The Labute approximate surface area is 113 Å². The fourth-order valence-corrected chi connectivity index (χ4v) is 2.37. The molecule has 2 atom stereocenters. The van der Waals surface area contributed by atoms with Crippen LogP contribution in [0.3, 0.4) is 0 Å². The standard InChI is InChI=1S/C14H20N2O3/c1-19-14(18)15-12-7-8-16(9-12)10-13(17)11-5-3-2-4-6-11/h2-6,12-13,17H,7-10H2,1H3,(H,15,18). The Kier molecular flexibility index (Phi) is 4.76. The number of methoxy groups -OCH3 is 1. The minimum absolute atomic E-state index is 0.107. The number of rotatable bonds is 4. The number of ether oxygens (including phenoxy) is 1. The van der Waals surface area contributed by atoms with Crippen LogP contribution in [-0.4, -0.2) is 48.9 Å². The van der Waals surface area contributed by atoms with E-state index in [1.165, 1.54) is 7.11 Å². The second-order valence-corrected chi connectivity index (χ2v) is 4.81. The van der Waals surface area contributed by atoms with Crippen molar-refractivity contribution in [1.82, 2.24) is 10.2 Å². The Morgan fingerprint density at radius 1 is 1.53 bits per heavy atom. The highest BCUT2D eigenvalue weighted by molar-refractivity contribution is 5.67. The normalized spacial score (nSPS) is 21.1. The van der Waals surface area contributed by atoms with E-state index >= 15 is 0 Å². The molecule has 1 heterocycles. The lowest BCUT2D eigenvalue weighted by molar-refractivity contribution is 0.124. The fraction of sp³-hybridized carbons (Fsp3) is 0.500. The first-order valence-corrected chi connectivity index (χ1v) is 6.49. The van der Waals surface area contributed by atoms with Gasteiger partial charge in [0, 0.05) is 25.7 Å². The quantitative estimate of drug-likeness (QED) is 0.856. The first-order chi connectivity index (χ1) is 9.19. The van der Waals surface area contributed by atoms with Gasteiger partial charge in [0.25, 0.3) is 0 Å². The van der Waals surface area contributed by atoms with Crippen LogP contribution in [0.5, 0.6) is 0 Å². The van der Waals surface area contributed by atoms with Crippen LogP contribution >= 0.6 is 0 Å². The molecule has 0 saturated carbocycles. The van der Waals surface area contributed by atoms with Gasteiger partial charge in [-0.25, -0.2) is 4.79 Å². The third-order valence-electron chi connectivity index (χ3n) is 3.40. The van der Waals surface area contributed by atoms with Crippen molar-refractivity contribution in [1.29, 1.82) is 0 Å². The number of likely N-dealkylation sites (tertiary alicyclic amines) is 1. The molecule has 2 rings (SSSR count). The molecule has 5 heteroatoms. The largest absolute Gasteiger partial charge is 0.453 e. The van der Waals surface area contributed by atoms with Gasteiger partial charge < -0.3 is 15.2 Å². The first-order valence-electron chi connectivity index (χ1n) is 6.49. The molecule has 0 spiro atoms. The van der Waals surface area contributed by atoms with Gasteiger partial charge in [-0.15, -0.1) is 0 Å². The molecule has 1 aliphatic heterocycles. The molecule has 1 aromatic rings. The predicted octanol–water partition coefficient (Wildman–Crippen LogP) is 1.15. The third-order valence-corrected chi connectivity index (χ3v) is 3.40. The number of nitrogens with zero attached hydrogens (tertiary/aromatic N) is 1. The molecule has 0 radical (unpaired) electrons. The molecule has 2 unspecified atom stereocenters. The summed E-state index contributed by atoms with van der Waals surface area (Å²) in [7, 11) is 1.36. The molecule has 0 aliphatic carbocycles. The molecule has 19 heavy (non-hydrogen) atoms. The summed E-state index contributed by atoms with van der Waals surface area (Å²) in [6, 6.07) is 9.72. The topological polar surface area (TPSA) is 61.8 Å². The maximum absolute atomic E-state index is 11.1. The summed E-state index contributed by atoms with van der Waals surface area (Å²) in [5.41, 5.74) is 0.923. The molecule has 1 aromatic carbocycles. The van der Waals surface area contributed by atoms with Crippen molar-refractivity contribution in [2.75, 3.05) is 26.7 Å². The van der Waals surface area contributed by atoms with Crippen molar-refractivity contribution < 1.29 is 14.6 Å². The van der Waals surface area contributed by atoms with E-state index < -0.39 is 12.2 Å². The Balaban J connectivity index is 1.80. The molecular weight excluding hydrogens is 244 g/mol. The van der Waals surface area contributed by atoms with Gasteiger partial charge in [-0.1, -0.05) is 30.3 Å². The lowest BCUT2D eigenvalue weighted by Gasteiger charge is -2.20. The molecular formula is C14H20N2O3. The Bertz CT molecular complexity index is 410. The van der Waals surface area contributed by atoms with Crippen LogP contribution in [0, 0.1) is 0 Å². The van der Waals surface area contributed by atoms with Gasteiger partial charge in [-0.05, 0) is 12.0 Å². The summed E-state index contributed by atoms with van der Waals surface area (Å²) in [6.45, 7) is 2.21. The zero-order chi connectivity index (χ0) is 13.7. The molecule has 1 amide bonds. The van der Waals surface area contributed by atoms with Crippen LogP contribution in [0.25, 0.3) is 0 Å². The van der Waals surface area contributed by atoms with Crippen molar-refractivity contribution in [3.8, 4) is 0 Å². The van der Waals surface area contributed by atoms with Crippen molar-refractivity contribution in [3.63, 3.8) is 0 Å². The molecule has 0 bridgehead atoms. The number of alkyl carbamates (subject to hydrolysis) is 1. The minimum atomic E-state index is -0.488. The summed E-state index contributed by atoms with van der Waals surface area (Å²) in [5.74, 6) is 0. The van der Waals surface area contributed by atoms with Gasteiger partial charge in [-0.2, -0.15) is 0 Å². The summed E-state index contributed by atoms with van der Waals surface area (Å²) in [5, 5.41) is 12.9. The van der Waals surface area contributed by atoms with E-state index in [1.54, 1.807) is 0 Å². The zero-order valence-corrected chi connectivity index (χ0v) is 11.1. The number of hydrogen-bond acceptors (Lipinski definition) is 4. The number of hydrogen-bond donors (Lipinski definition) is 2. The van der Waals surface area contributed by atoms with Gasteiger partial charge in [0.2, 0.25) is 0 Å². The number of carbonyl (C=O) groups excluding carboxylic acids is 1. The summed E-state index contributed by atoms with van der Waals surface area (Å²) in [6.07, 6.45) is 0.00454. The average Bonchev–Trinajstić information content (AvgIpc) is 2.86. The number of β-amino-alcohol motifs (C(OH)–C–C–N with tert-alkyl or cyclic N) is 1. The van der Waals surface area contributed by atoms with Crippen molar-refractivity contribution in [3.05, 3.63) is 35.9 Å². The monoisotopic (exact) mass is 264 g/mol. The Hall–Kier alpha value is -1.59. The van der Waals surface area contributed by atoms with Crippen LogP contribution < -0.4 is 5.32 Å². The molecule has 1 fully saturated rings. The molecule has 1 aliphatic rings. The van der Waals surface area contributed by atoms with Crippen LogP contribution in [0.4, 0.5) is 4.79 Å². The van der Waals surface area contributed by atoms with Crippen molar-refractivity contribution in [2.24, 2.45) is 0 Å². The lowest BCUT2D eigenvalue weighted by atomic mass is 10.1. The SMILES string of the molecule is COC(=O)NC1CCN(CC(O)c2ccccc2)C1. The number of amides is 1. The van der Waals surface area contributed by atoms with Crippen LogP contribution in [0.15, 0.2) is 30.3 Å². The number of benzene rings is 1. The van der Waals surface area contributed by atoms with Gasteiger partial charge in [0.1, 0.15) is 0 Å². The lowest BCUT2D eigenvalue weighted by Crippen LogP contribution is -2.37. The van der Waals surface area contributed by atoms with Crippen LogP contribution in [-0.2, 0) is 4.74 Å². The van der Waals surface area contributed by atoms with Crippen LogP contribution in [0.2, 0.25) is 0 Å². The number of carbonyl (C=O) groups is 1. The maximum Gasteiger partial charge on any atom is 0.407 e. The zero-order valence-electron chi connectivity index (χ0n) is 11.1. The van der Waals surface area contributed by atoms with E-state index in [4.69, 9.17) is 0 Å². The summed E-state index contributed by atoms with van der Waals surface area (Å²) < 4.78 is 4.58. The number of nitrogens with one attached hydrogen (secondary N) is 1. The molecule has 2 N–H and O–H groups in total. The van der Waals surface area contributed by atoms with Gasteiger partial charge in [-0.3, -0.25) is 4.90 Å². The number of aliphatic hydroxyl groups excluding tert-OH is 1. The van der Waals surface area contributed by atoms with E-state index in [-0.39, 0.29) is 6.04 Å². The van der Waals surface area contributed by atoms with Crippen LogP contribution in [0.1, 0.15) is 18.1 Å². The summed E-state index contributed by atoms with van der Waals surface area (Å²) in [4.78, 5) is 13.3. The third kappa shape index (κ3) is 3.94. The van der Waals surface area contributed by atoms with Gasteiger partial charge >= 0.3 is 6.09 Å². The van der Waals surface area contributed by atoms with E-state index in [1.807, 2.05) is 30.3 Å². The molecule has 1 saturated heterocycles. The van der Waals surface area contributed by atoms with E-state index in [0.29, 0.717) is 6.54 Å². The van der Waals surface area contributed by atoms with E-state index in [2.05, 4.69) is 15.0 Å². The minimum Gasteiger partial charge on any atom is -0.453 e. The number of aliphatic hydroxyl groups is 1. The van der Waals surface area contributed by atoms with Gasteiger partial charge in [0.05, 0.1) is 13.2 Å². The second-order valence-electron chi connectivity index (χ2n) is 4.81. The molecule has 104 valence electrons. The molecule has 0 aromatic heterocycles. The van der Waals surface area contributed by atoms with Crippen molar-refractivity contribution in [2.45, 2.75) is 18.6 Å². The van der Waals surface area contributed by atoms with Gasteiger partial charge in [0.15, 0.2) is 0 Å². The predicted molar refractivity (Wildman–Crippen MR) is 71.8 cm³/mol. The Morgan fingerprint density at radius 3 is 2.95 bits per heavy atom. The maximum atomic E-state index is 11.1. The Morgan fingerprint density at radius 2 is 2.26 bits per heavy atom. The van der Waals surface area contributed by atoms with Crippen molar-refractivity contribution >= 4 is 6.09 Å². The highest BCUT2D eigenvalue weighted by Crippen LogP contribution is 2.17. The smallest absolute Gasteiger partial charge is 0.407 e. The highest BCUT2D eigenvalue weighted by atomic mass is 16.5. The molecule has 5 nitrogen and oxygen atoms in total. The fourth-order valence-electron chi connectivity index (χ4n) is 2.37. The van der Waals surface area contributed by atoms with E-state index in [9.17, 15) is 9.90 Å². The average molecular weight is 264 g/mol. The first kappa shape index (κ1) is 13.8. The summed E-state index contributed by atoms with van der Waals surface area (Å²) >= 11 is 0. The second kappa shape index (κ2) is 6.54. The van der Waals surface area contributed by atoms with E-state index in [0.717, 1.165) is 25.1 Å². The highest BCUT2D eigenvalue weighted by Gasteiger charge is 2.25.